The number of fused-ring (bicyclic) bond motifs is 1. The number of benzene rings is 1. The standard InChI is InChI=1S/C18H22Cl2N2OS/c1-2-3-4-11-5-7-12(8-6-11)17(23)22-18-21-16-14(24-18)10-9-13(19)15(16)20/h9-12H,2-8H2,1H3,(H,21,22,23). The molecule has 1 aromatic carbocycles. The number of hydrogen-bond donors (Lipinski definition) is 1. The van der Waals surface area contributed by atoms with Crippen LogP contribution in [0.5, 0.6) is 0 Å². The maximum absolute atomic E-state index is 12.5. The molecule has 130 valence electrons. The first-order valence-electron chi connectivity index (χ1n) is 8.64. The maximum Gasteiger partial charge on any atom is 0.229 e. The lowest BCUT2D eigenvalue weighted by Gasteiger charge is -2.27. The topological polar surface area (TPSA) is 42.0 Å². The van der Waals surface area contributed by atoms with Gasteiger partial charge in [-0.05, 0) is 43.7 Å². The van der Waals surface area contributed by atoms with E-state index in [4.69, 9.17) is 23.2 Å². The molecule has 0 aliphatic heterocycles. The number of anilines is 1. The van der Waals surface area contributed by atoms with Crippen molar-refractivity contribution in [1.82, 2.24) is 4.98 Å². The molecule has 1 saturated carbocycles. The fourth-order valence-corrected chi connectivity index (χ4v) is 4.70. The van der Waals surface area contributed by atoms with Crippen molar-refractivity contribution in [3.8, 4) is 0 Å². The molecule has 0 spiro atoms. The van der Waals surface area contributed by atoms with Gasteiger partial charge in [-0.25, -0.2) is 4.98 Å². The summed E-state index contributed by atoms with van der Waals surface area (Å²) in [5.41, 5.74) is 0.660. The summed E-state index contributed by atoms with van der Waals surface area (Å²) in [7, 11) is 0. The summed E-state index contributed by atoms with van der Waals surface area (Å²) in [6.45, 7) is 2.23. The first-order valence-corrected chi connectivity index (χ1v) is 10.2. The Morgan fingerprint density at radius 2 is 2.04 bits per heavy atom. The zero-order chi connectivity index (χ0) is 17.1. The smallest absolute Gasteiger partial charge is 0.229 e. The number of carbonyl (C=O) groups is 1. The monoisotopic (exact) mass is 384 g/mol. The number of nitrogens with one attached hydrogen (secondary N) is 1. The summed E-state index contributed by atoms with van der Waals surface area (Å²) in [6.07, 6.45) is 8.16. The number of halogens is 2. The van der Waals surface area contributed by atoms with E-state index in [1.54, 1.807) is 6.07 Å². The first-order chi connectivity index (χ1) is 11.6. The number of nitrogens with zero attached hydrogens (tertiary/aromatic N) is 1. The second-order valence-electron chi connectivity index (χ2n) is 6.58. The first kappa shape index (κ1) is 18.0. The highest BCUT2D eigenvalue weighted by Crippen LogP contribution is 2.36. The predicted octanol–water partition coefficient (Wildman–Crippen LogP) is 6.54. The molecule has 1 aliphatic carbocycles. The Hall–Kier alpha value is -0.840. The molecule has 0 bridgehead atoms. The van der Waals surface area contributed by atoms with Gasteiger partial charge in [-0.2, -0.15) is 0 Å². The molecule has 2 aromatic rings. The minimum Gasteiger partial charge on any atom is -0.302 e. The van der Waals surface area contributed by atoms with Crippen molar-refractivity contribution in [2.45, 2.75) is 51.9 Å². The molecule has 1 aliphatic rings. The molecular weight excluding hydrogens is 363 g/mol. The van der Waals surface area contributed by atoms with Gasteiger partial charge in [0.15, 0.2) is 5.13 Å². The van der Waals surface area contributed by atoms with Gasteiger partial charge in [-0.1, -0.05) is 60.7 Å². The quantitative estimate of drug-likeness (QED) is 0.635. The summed E-state index contributed by atoms with van der Waals surface area (Å²) >= 11 is 13.6. The van der Waals surface area contributed by atoms with Crippen LogP contribution in [0.3, 0.4) is 0 Å². The van der Waals surface area contributed by atoms with Crippen molar-refractivity contribution in [3.05, 3.63) is 22.2 Å². The van der Waals surface area contributed by atoms with E-state index in [0.29, 0.717) is 20.7 Å². The lowest BCUT2D eigenvalue weighted by molar-refractivity contribution is -0.121. The van der Waals surface area contributed by atoms with Crippen LogP contribution in [0, 0.1) is 11.8 Å². The summed E-state index contributed by atoms with van der Waals surface area (Å²) in [5, 5.41) is 4.51. The van der Waals surface area contributed by atoms with Gasteiger partial charge in [-0.15, -0.1) is 0 Å². The van der Waals surface area contributed by atoms with Crippen LogP contribution in [0.25, 0.3) is 10.2 Å². The summed E-state index contributed by atoms with van der Waals surface area (Å²) in [5.74, 6) is 0.997. The average Bonchev–Trinajstić information content (AvgIpc) is 3.00. The second-order valence-corrected chi connectivity index (χ2v) is 8.39. The Labute approximate surface area is 156 Å². The SMILES string of the molecule is CCCCC1CCC(C(=O)Nc2nc3c(Cl)c(Cl)ccc3s2)CC1. The van der Waals surface area contributed by atoms with Crippen molar-refractivity contribution in [2.75, 3.05) is 5.32 Å². The molecule has 3 rings (SSSR count). The Bertz CT molecular complexity index is 723. The Balaban J connectivity index is 1.60. The Morgan fingerprint density at radius 1 is 1.29 bits per heavy atom. The molecule has 1 heterocycles. The van der Waals surface area contributed by atoms with Crippen LogP contribution in [0.1, 0.15) is 51.9 Å². The summed E-state index contributed by atoms with van der Waals surface area (Å²) < 4.78 is 0.933. The number of rotatable bonds is 5. The van der Waals surface area contributed by atoms with Crippen molar-refractivity contribution in [3.63, 3.8) is 0 Å². The highest BCUT2D eigenvalue weighted by Gasteiger charge is 2.26. The van der Waals surface area contributed by atoms with Gasteiger partial charge in [0.1, 0.15) is 5.52 Å². The van der Waals surface area contributed by atoms with E-state index in [1.165, 1.54) is 43.4 Å². The second kappa shape index (κ2) is 8.03. The fourth-order valence-electron chi connectivity index (χ4n) is 3.40. The van der Waals surface area contributed by atoms with Gasteiger partial charge in [0, 0.05) is 5.92 Å². The number of aromatic nitrogens is 1. The van der Waals surface area contributed by atoms with Crippen LogP contribution in [-0.2, 0) is 4.79 Å². The highest BCUT2D eigenvalue weighted by atomic mass is 35.5. The van der Waals surface area contributed by atoms with Gasteiger partial charge >= 0.3 is 0 Å². The molecule has 0 unspecified atom stereocenters. The van der Waals surface area contributed by atoms with E-state index >= 15 is 0 Å². The molecule has 6 heteroatoms. The minimum absolute atomic E-state index is 0.0882. The third-order valence-corrected chi connectivity index (χ3v) is 6.60. The molecular formula is C18H22Cl2N2OS. The normalized spacial score (nSPS) is 21.1. The number of hydrogen-bond acceptors (Lipinski definition) is 3. The van der Waals surface area contributed by atoms with Gasteiger partial charge in [-0.3, -0.25) is 4.79 Å². The van der Waals surface area contributed by atoms with Crippen LogP contribution >= 0.6 is 34.5 Å². The van der Waals surface area contributed by atoms with E-state index in [9.17, 15) is 4.79 Å². The summed E-state index contributed by atoms with van der Waals surface area (Å²) in [4.78, 5) is 16.9. The lowest BCUT2D eigenvalue weighted by Crippen LogP contribution is -2.27. The Morgan fingerprint density at radius 3 is 2.75 bits per heavy atom. The lowest BCUT2D eigenvalue weighted by atomic mass is 9.79. The molecule has 0 saturated heterocycles. The van der Waals surface area contributed by atoms with Crippen LogP contribution in [-0.4, -0.2) is 10.9 Å². The van der Waals surface area contributed by atoms with Crippen molar-refractivity contribution in [2.24, 2.45) is 11.8 Å². The average molecular weight is 385 g/mol. The van der Waals surface area contributed by atoms with E-state index in [-0.39, 0.29) is 11.8 Å². The molecule has 0 atom stereocenters. The van der Waals surface area contributed by atoms with Gasteiger partial charge < -0.3 is 5.32 Å². The molecule has 1 N–H and O–H groups in total. The van der Waals surface area contributed by atoms with E-state index in [1.807, 2.05) is 6.07 Å². The van der Waals surface area contributed by atoms with Crippen molar-refractivity contribution < 1.29 is 4.79 Å². The molecule has 3 nitrogen and oxygen atoms in total. The third-order valence-electron chi connectivity index (χ3n) is 4.87. The molecule has 0 radical (unpaired) electrons. The largest absolute Gasteiger partial charge is 0.302 e. The van der Waals surface area contributed by atoms with Gasteiger partial charge in [0.25, 0.3) is 0 Å². The zero-order valence-electron chi connectivity index (χ0n) is 13.8. The van der Waals surface area contributed by atoms with Crippen molar-refractivity contribution in [1.29, 1.82) is 0 Å². The molecule has 1 amide bonds. The minimum atomic E-state index is 0.0882. The number of thiazole rings is 1. The van der Waals surface area contributed by atoms with Crippen LogP contribution in [0.4, 0.5) is 5.13 Å². The molecule has 24 heavy (non-hydrogen) atoms. The van der Waals surface area contributed by atoms with Gasteiger partial charge in [0.2, 0.25) is 5.91 Å². The van der Waals surface area contributed by atoms with Crippen LogP contribution in [0.15, 0.2) is 12.1 Å². The van der Waals surface area contributed by atoms with E-state index in [2.05, 4.69) is 17.2 Å². The van der Waals surface area contributed by atoms with Crippen LogP contribution < -0.4 is 5.32 Å². The van der Waals surface area contributed by atoms with Crippen molar-refractivity contribution >= 4 is 55.8 Å². The highest BCUT2D eigenvalue weighted by molar-refractivity contribution is 7.22. The number of amides is 1. The van der Waals surface area contributed by atoms with Crippen LogP contribution in [0.2, 0.25) is 10.0 Å². The number of carbonyl (C=O) groups excluding carboxylic acids is 1. The number of unbranched alkanes of at least 4 members (excludes halogenated alkanes) is 1. The molecule has 1 fully saturated rings. The van der Waals surface area contributed by atoms with E-state index < -0.39 is 0 Å². The fraction of sp³-hybridized carbons (Fsp3) is 0.556. The Kier molecular flexibility index (Phi) is 6.01. The zero-order valence-corrected chi connectivity index (χ0v) is 16.1. The molecule has 1 aromatic heterocycles. The summed E-state index contributed by atoms with van der Waals surface area (Å²) in [6, 6.07) is 3.64. The maximum atomic E-state index is 12.5. The predicted molar refractivity (Wildman–Crippen MR) is 103 cm³/mol. The third kappa shape index (κ3) is 4.04. The van der Waals surface area contributed by atoms with E-state index in [0.717, 1.165) is 23.5 Å². The van der Waals surface area contributed by atoms with Gasteiger partial charge in [0.05, 0.1) is 14.7 Å².